The summed E-state index contributed by atoms with van der Waals surface area (Å²) in [5.74, 6) is 0.842. The van der Waals surface area contributed by atoms with E-state index in [1.165, 1.54) is 49.6 Å². The number of benzene rings is 1. The van der Waals surface area contributed by atoms with Crippen LogP contribution in [0, 0.1) is 5.92 Å². The molecule has 2 rings (SSSR count). The Morgan fingerprint density at radius 3 is 2.69 bits per heavy atom. The number of carbonyl (C=O) groups excluding carboxylic acids is 1. The average molecular weight is 462 g/mol. The lowest BCUT2D eigenvalue weighted by Gasteiger charge is -2.33. The number of rotatable bonds is 17. The number of aliphatic hydroxyl groups is 1. The molecule has 0 spiro atoms. The van der Waals surface area contributed by atoms with E-state index >= 15 is 0 Å². The van der Waals surface area contributed by atoms with Crippen LogP contribution in [-0.2, 0) is 10.2 Å². The predicted octanol–water partition coefficient (Wildman–Crippen LogP) is 4.89. The Morgan fingerprint density at radius 2 is 2.06 bits per heavy atom. The lowest BCUT2D eigenvalue weighted by Crippen LogP contribution is -2.44. The summed E-state index contributed by atoms with van der Waals surface area (Å²) >= 11 is 1.34. The van der Waals surface area contributed by atoms with Gasteiger partial charge in [-0.25, -0.2) is 4.72 Å². The maximum atomic E-state index is 12.2. The standard InChI is InChI=1S/C26H43N3O2S/c1-3-26(23-14-5-4-6-15-23,16-10-19-28-25(31)24(21-30)29-32-2)17-20-27-18-8-7-11-22-12-9-13-22/h4-6,14-15,18,22,24,29-30H,3,7-13,16-17,19-21H2,1-2H3,(H,28,31). The molecule has 1 saturated carbocycles. The molecule has 0 aromatic heterocycles. The predicted molar refractivity (Wildman–Crippen MR) is 137 cm³/mol. The fraction of sp³-hybridized carbons (Fsp3) is 0.692. The largest absolute Gasteiger partial charge is 0.394 e. The molecule has 0 bridgehead atoms. The summed E-state index contributed by atoms with van der Waals surface area (Å²) in [6.45, 7) is 3.53. The third-order valence-corrected chi connectivity index (χ3v) is 7.49. The number of nitrogens with zero attached hydrogens (tertiary/aromatic N) is 1. The van der Waals surface area contributed by atoms with Gasteiger partial charge in [0.2, 0.25) is 5.91 Å². The lowest BCUT2D eigenvalue weighted by atomic mass is 9.72. The van der Waals surface area contributed by atoms with E-state index in [1.54, 1.807) is 0 Å². The molecule has 0 aliphatic heterocycles. The summed E-state index contributed by atoms with van der Waals surface area (Å²) in [7, 11) is 0. The molecule has 1 aliphatic rings. The molecule has 0 saturated heterocycles. The summed E-state index contributed by atoms with van der Waals surface area (Å²) in [5.41, 5.74) is 1.44. The molecule has 32 heavy (non-hydrogen) atoms. The Balaban J connectivity index is 1.84. The third kappa shape index (κ3) is 8.87. The summed E-state index contributed by atoms with van der Waals surface area (Å²) in [5, 5.41) is 12.3. The highest BCUT2D eigenvalue weighted by atomic mass is 32.2. The zero-order valence-corrected chi connectivity index (χ0v) is 20.8. The second kappa shape index (κ2) is 15.5. The van der Waals surface area contributed by atoms with Crippen LogP contribution in [0.25, 0.3) is 0 Å². The highest BCUT2D eigenvalue weighted by Gasteiger charge is 2.29. The average Bonchev–Trinajstić information content (AvgIpc) is 2.79. The minimum Gasteiger partial charge on any atom is -0.394 e. The van der Waals surface area contributed by atoms with Crippen LogP contribution in [0.5, 0.6) is 0 Å². The Morgan fingerprint density at radius 1 is 1.28 bits per heavy atom. The first-order chi connectivity index (χ1) is 15.6. The van der Waals surface area contributed by atoms with E-state index in [2.05, 4.69) is 53.5 Å². The number of aliphatic imine (C=N–C) groups is 1. The van der Waals surface area contributed by atoms with Crippen molar-refractivity contribution in [1.29, 1.82) is 0 Å². The number of nitrogens with one attached hydrogen (secondary N) is 2. The van der Waals surface area contributed by atoms with E-state index in [1.807, 2.05) is 6.26 Å². The molecule has 3 N–H and O–H groups in total. The number of hydrogen-bond donors (Lipinski definition) is 3. The van der Waals surface area contributed by atoms with Crippen LogP contribution >= 0.6 is 11.9 Å². The third-order valence-electron chi connectivity index (χ3n) is 6.97. The molecule has 5 nitrogen and oxygen atoms in total. The second-order valence-electron chi connectivity index (χ2n) is 9.02. The van der Waals surface area contributed by atoms with Crippen LogP contribution in [0.1, 0.15) is 76.7 Å². The molecular weight excluding hydrogens is 418 g/mol. The van der Waals surface area contributed by atoms with Crippen LogP contribution in [0.4, 0.5) is 0 Å². The van der Waals surface area contributed by atoms with Crippen molar-refractivity contribution in [3.05, 3.63) is 35.9 Å². The van der Waals surface area contributed by atoms with E-state index in [4.69, 9.17) is 4.99 Å². The molecular formula is C26H43N3O2S. The summed E-state index contributed by atoms with van der Waals surface area (Å²) < 4.78 is 2.93. The summed E-state index contributed by atoms with van der Waals surface area (Å²) in [4.78, 5) is 17.0. The first-order valence-corrected chi connectivity index (χ1v) is 13.6. The van der Waals surface area contributed by atoms with Gasteiger partial charge in [-0.1, -0.05) is 74.9 Å². The number of aliphatic hydroxyl groups excluding tert-OH is 1. The molecule has 2 atom stereocenters. The minimum atomic E-state index is -0.561. The van der Waals surface area contributed by atoms with E-state index in [0.29, 0.717) is 6.54 Å². The van der Waals surface area contributed by atoms with Gasteiger partial charge in [0.15, 0.2) is 0 Å². The van der Waals surface area contributed by atoms with Crippen molar-refractivity contribution in [2.75, 3.05) is 26.0 Å². The van der Waals surface area contributed by atoms with Gasteiger partial charge in [-0.2, -0.15) is 0 Å². The first-order valence-electron chi connectivity index (χ1n) is 12.4. The molecule has 1 aromatic rings. The highest BCUT2D eigenvalue weighted by molar-refractivity contribution is 7.96. The van der Waals surface area contributed by atoms with Crippen molar-refractivity contribution in [1.82, 2.24) is 10.0 Å². The lowest BCUT2D eigenvalue weighted by molar-refractivity contribution is -0.123. The van der Waals surface area contributed by atoms with E-state index in [-0.39, 0.29) is 17.9 Å². The number of amides is 1. The Kier molecular flexibility index (Phi) is 13.0. The van der Waals surface area contributed by atoms with Crippen molar-refractivity contribution in [2.24, 2.45) is 10.9 Å². The van der Waals surface area contributed by atoms with Gasteiger partial charge in [-0.3, -0.25) is 9.79 Å². The molecule has 2 unspecified atom stereocenters. The molecule has 0 radical (unpaired) electrons. The SMILES string of the molecule is CCC(CCCNC(=O)C(CO)NSC)(CCN=CCCCC1CCC1)c1ccccc1. The summed E-state index contributed by atoms with van der Waals surface area (Å²) in [6, 6.07) is 10.2. The summed E-state index contributed by atoms with van der Waals surface area (Å²) in [6.07, 6.45) is 16.0. The topological polar surface area (TPSA) is 73.7 Å². The minimum absolute atomic E-state index is 0.0726. The maximum absolute atomic E-state index is 12.2. The van der Waals surface area contributed by atoms with Gasteiger partial charge in [0.1, 0.15) is 6.04 Å². The van der Waals surface area contributed by atoms with Crippen LogP contribution < -0.4 is 10.0 Å². The van der Waals surface area contributed by atoms with E-state index in [9.17, 15) is 9.90 Å². The van der Waals surface area contributed by atoms with Crippen LogP contribution in [-0.4, -0.2) is 49.2 Å². The van der Waals surface area contributed by atoms with Crippen molar-refractivity contribution in [2.45, 2.75) is 82.6 Å². The second-order valence-corrected chi connectivity index (χ2v) is 9.66. The van der Waals surface area contributed by atoms with Gasteiger partial charge >= 0.3 is 0 Å². The van der Waals surface area contributed by atoms with Gasteiger partial charge in [0, 0.05) is 13.1 Å². The van der Waals surface area contributed by atoms with E-state index < -0.39 is 6.04 Å². The number of hydrogen-bond acceptors (Lipinski definition) is 5. The quantitative estimate of drug-likeness (QED) is 0.175. The molecule has 1 aromatic carbocycles. The van der Waals surface area contributed by atoms with E-state index in [0.717, 1.165) is 44.6 Å². The molecule has 1 aliphatic carbocycles. The Bertz CT molecular complexity index is 666. The van der Waals surface area contributed by atoms with Gasteiger partial charge < -0.3 is 10.4 Å². The smallest absolute Gasteiger partial charge is 0.240 e. The van der Waals surface area contributed by atoms with Gasteiger partial charge in [-0.15, -0.1) is 0 Å². The van der Waals surface area contributed by atoms with Crippen LogP contribution in [0.3, 0.4) is 0 Å². The molecule has 0 heterocycles. The highest BCUT2D eigenvalue weighted by Crippen LogP contribution is 2.36. The van der Waals surface area contributed by atoms with Crippen LogP contribution in [0.2, 0.25) is 0 Å². The van der Waals surface area contributed by atoms with Gasteiger partial charge in [0.05, 0.1) is 6.61 Å². The normalized spacial score (nSPS) is 17.1. The van der Waals surface area contributed by atoms with Crippen LogP contribution in [0.15, 0.2) is 35.3 Å². The Hall–Kier alpha value is -1.37. The number of unbranched alkanes of at least 4 members (excludes halogenated alkanes) is 1. The zero-order valence-electron chi connectivity index (χ0n) is 20.0. The molecule has 1 fully saturated rings. The first kappa shape index (κ1) is 26.9. The van der Waals surface area contributed by atoms with Crippen molar-refractivity contribution >= 4 is 24.1 Å². The van der Waals surface area contributed by atoms with Crippen molar-refractivity contribution < 1.29 is 9.90 Å². The zero-order chi connectivity index (χ0) is 23.1. The number of carbonyl (C=O) groups is 1. The van der Waals surface area contributed by atoms with Crippen molar-refractivity contribution in [3.8, 4) is 0 Å². The Labute approximate surface area is 199 Å². The molecule has 180 valence electrons. The van der Waals surface area contributed by atoms with Gasteiger partial charge in [-0.05, 0) is 67.9 Å². The maximum Gasteiger partial charge on any atom is 0.240 e. The molecule has 6 heteroatoms. The monoisotopic (exact) mass is 461 g/mol. The fourth-order valence-electron chi connectivity index (χ4n) is 4.58. The van der Waals surface area contributed by atoms with Gasteiger partial charge in [0.25, 0.3) is 0 Å². The van der Waals surface area contributed by atoms with Crippen molar-refractivity contribution in [3.63, 3.8) is 0 Å². The molecule has 1 amide bonds. The fourth-order valence-corrected chi connectivity index (χ4v) is 5.05.